The number of hydrogen-bond donors (Lipinski definition) is 2. The third-order valence-electron chi connectivity index (χ3n) is 4.03. The molecule has 0 aromatic carbocycles. The summed E-state index contributed by atoms with van der Waals surface area (Å²) in [6, 6.07) is -0.230. The Kier molecular flexibility index (Phi) is 3.78. The van der Waals surface area contributed by atoms with Crippen LogP contribution in [0.4, 0.5) is 4.79 Å². The zero-order chi connectivity index (χ0) is 13.2. The first-order chi connectivity index (χ1) is 8.57. The average molecular weight is 254 g/mol. The molecule has 0 radical (unpaired) electrons. The van der Waals surface area contributed by atoms with Crippen molar-refractivity contribution in [2.45, 2.75) is 39.0 Å². The molecule has 0 aliphatic heterocycles. The molecule has 2 aliphatic carbocycles. The van der Waals surface area contributed by atoms with Gasteiger partial charge in [-0.05, 0) is 43.4 Å². The minimum Gasteiger partial charge on any atom is -0.480 e. The van der Waals surface area contributed by atoms with Crippen LogP contribution in [0.1, 0.15) is 39.0 Å². The monoisotopic (exact) mass is 254 g/mol. The highest BCUT2D eigenvalue weighted by atomic mass is 16.4. The molecule has 0 heterocycles. The number of carboxylic acids is 1. The lowest BCUT2D eigenvalue weighted by atomic mass is 10.0. The minimum atomic E-state index is -0.957. The van der Waals surface area contributed by atoms with E-state index in [1.165, 1.54) is 30.6 Å². The first-order valence-electron chi connectivity index (χ1n) is 6.82. The first kappa shape index (κ1) is 13.2. The maximum absolute atomic E-state index is 11.9. The number of carboxylic acid groups (broad SMARTS) is 1. The van der Waals surface area contributed by atoms with Crippen LogP contribution in [-0.2, 0) is 4.79 Å². The lowest BCUT2D eigenvalue weighted by molar-refractivity contribution is -0.137. The van der Waals surface area contributed by atoms with Gasteiger partial charge in [0.15, 0.2) is 0 Å². The fourth-order valence-corrected chi connectivity index (χ4v) is 2.63. The van der Waals surface area contributed by atoms with Crippen LogP contribution in [-0.4, -0.2) is 41.6 Å². The molecule has 2 saturated carbocycles. The standard InChI is InChI=1S/C13H22N2O3/c1-2-7-15(8-11(16)17)12(18)14-9-13(5-6-13)10-3-4-10/h10H,2-9H2,1H3,(H,14,18)(H,16,17). The van der Waals surface area contributed by atoms with Gasteiger partial charge in [0.2, 0.25) is 0 Å². The molecule has 0 aromatic heterocycles. The highest BCUT2D eigenvalue weighted by Crippen LogP contribution is 2.60. The van der Waals surface area contributed by atoms with Gasteiger partial charge < -0.3 is 15.3 Å². The highest BCUT2D eigenvalue weighted by Gasteiger charge is 2.53. The number of rotatable bonds is 7. The van der Waals surface area contributed by atoms with Gasteiger partial charge in [-0.3, -0.25) is 4.79 Å². The minimum absolute atomic E-state index is 0.212. The van der Waals surface area contributed by atoms with E-state index in [1.807, 2.05) is 6.92 Å². The van der Waals surface area contributed by atoms with Crippen molar-refractivity contribution in [2.75, 3.05) is 19.6 Å². The zero-order valence-electron chi connectivity index (χ0n) is 10.9. The molecule has 0 spiro atoms. The van der Waals surface area contributed by atoms with Gasteiger partial charge in [-0.25, -0.2) is 4.79 Å². The van der Waals surface area contributed by atoms with Crippen LogP contribution in [0.25, 0.3) is 0 Å². The number of nitrogens with zero attached hydrogens (tertiary/aromatic N) is 1. The fourth-order valence-electron chi connectivity index (χ4n) is 2.63. The van der Waals surface area contributed by atoms with E-state index in [0.717, 1.165) is 18.9 Å². The molecule has 5 nitrogen and oxygen atoms in total. The summed E-state index contributed by atoms with van der Waals surface area (Å²) >= 11 is 0. The first-order valence-corrected chi connectivity index (χ1v) is 6.82. The van der Waals surface area contributed by atoms with E-state index in [2.05, 4.69) is 5.32 Å². The van der Waals surface area contributed by atoms with Crippen molar-refractivity contribution in [3.05, 3.63) is 0 Å². The largest absolute Gasteiger partial charge is 0.480 e. The van der Waals surface area contributed by atoms with Gasteiger partial charge in [-0.15, -0.1) is 0 Å². The Hall–Kier alpha value is -1.26. The van der Waals surface area contributed by atoms with E-state index in [-0.39, 0.29) is 12.6 Å². The van der Waals surface area contributed by atoms with E-state index in [1.54, 1.807) is 0 Å². The summed E-state index contributed by atoms with van der Waals surface area (Å²) in [6.07, 6.45) is 5.79. The SMILES string of the molecule is CCCN(CC(=O)O)C(=O)NCC1(C2CC2)CC1. The summed E-state index contributed by atoms with van der Waals surface area (Å²) in [5.74, 6) is -0.154. The third kappa shape index (κ3) is 3.15. The number of nitrogens with one attached hydrogen (secondary N) is 1. The normalized spacial score (nSPS) is 20.3. The summed E-state index contributed by atoms with van der Waals surface area (Å²) in [7, 11) is 0. The van der Waals surface area contributed by atoms with Crippen molar-refractivity contribution in [1.82, 2.24) is 10.2 Å². The van der Waals surface area contributed by atoms with Crippen LogP contribution in [0.3, 0.4) is 0 Å². The van der Waals surface area contributed by atoms with Crippen molar-refractivity contribution in [1.29, 1.82) is 0 Å². The summed E-state index contributed by atoms with van der Waals surface area (Å²) in [5, 5.41) is 11.7. The number of hydrogen-bond acceptors (Lipinski definition) is 2. The Balaban J connectivity index is 1.79. The molecule has 2 aliphatic rings. The lowest BCUT2D eigenvalue weighted by Crippen LogP contribution is -2.45. The van der Waals surface area contributed by atoms with Crippen molar-refractivity contribution < 1.29 is 14.7 Å². The van der Waals surface area contributed by atoms with Gasteiger partial charge in [0.25, 0.3) is 0 Å². The van der Waals surface area contributed by atoms with Crippen LogP contribution in [0, 0.1) is 11.3 Å². The molecular weight excluding hydrogens is 232 g/mol. The number of amides is 2. The molecule has 2 fully saturated rings. The molecule has 0 unspecified atom stereocenters. The van der Waals surface area contributed by atoms with E-state index in [0.29, 0.717) is 12.0 Å². The smallest absolute Gasteiger partial charge is 0.323 e. The van der Waals surface area contributed by atoms with Gasteiger partial charge >= 0.3 is 12.0 Å². The second-order valence-electron chi connectivity index (χ2n) is 5.61. The summed E-state index contributed by atoms with van der Waals surface area (Å²) in [5.41, 5.74) is 0.358. The van der Waals surface area contributed by atoms with Crippen LogP contribution >= 0.6 is 0 Å². The zero-order valence-corrected chi connectivity index (χ0v) is 10.9. The molecule has 2 N–H and O–H groups in total. The van der Waals surface area contributed by atoms with Gasteiger partial charge in [0, 0.05) is 13.1 Å². The van der Waals surface area contributed by atoms with Crippen LogP contribution in [0.2, 0.25) is 0 Å². The van der Waals surface area contributed by atoms with Gasteiger partial charge in [0.05, 0.1) is 0 Å². The Morgan fingerprint density at radius 3 is 2.50 bits per heavy atom. The van der Waals surface area contributed by atoms with Crippen molar-refractivity contribution >= 4 is 12.0 Å². The molecule has 5 heteroatoms. The number of urea groups is 1. The van der Waals surface area contributed by atoms with Crippen molar-refractivity contribution in [3.63, 3.8) is 0 Å². The molecule has 102 valence electrons. The summed E-state index contributed by atoms with van der Waals surface area (Å²) < 4.78 is 0. The molecule has 2 rings (SSSR count). The molecule has 0 aromatic rings. The third-order valence-corrected chi connectivity index (χ3v) is 4.03. The van der Waals surface area contributed by atoms with Crippen molar-refractivity contribution in [3.8, 4) is 0 Å². The molecular formula is C13H22N2O3. The molecule has 2 amide bonds. The second kappa shape index (κ2) is 5.16. The van der Waals surface area contributed by atoms with E-state index < -0.39 is 5.97 Å². The molecule has 0 atom stereocenters. The highest BCUT2D eigenvalue weighted by molar-refractivity contribution is 5.80. The van der Waals surface area contributed by atoms with Crippen LogP contribution < -0.4 is 5.32 Å². The van der Waals surface area contributed by atoms with Gasteiger partial charge in [-0.2, -0.15) is 0 Å². The summed E-state index contributed by atoms with van der Waals surface area (Å²) in [6.45, 7) is 2.94. The van der Waals surface area contributed by atoms with Crippen molar-refractivity contribution in [2.24, 2.45) is 11.3 Å². The van der Waals surface area contributed by atoms with E-state index >= 15 is 0 Å². The Morgan fingerprint density at radius 2 is 2.06 bits per heavy atom. The lowest BCUT2D eigenvalue weighted by Gasteiger charge is -2.22. The maximum Gasteiger partial charge on any atom is 0.323 e. The fraction of sp³-hybridized carbons (Fsp3) is 0.846. The van der Waals surface area contributed by atoms with E-state index in [4.69, 9.17) is 5.11 Å². The Labute approximate surface area is 108 Å². The Bertz CT molecular complexity index is 335. The predicted octanol–water partition coefficient (Wildman–Crippen LogP) is 1.68. The number of aliphatic carboxylic acids is 1. The average Bonchev–Trinajstić information content (AvgIpc) is 3.14. The number of carbonyl (C=O) groups excluding carboxylic acids is 1. The number of carbonyl (C=O) groups is 2. The molecule has 0 saturated heterocycles. The Morgan fingerprint density at radius 1 is 1.39 bits per heavy atom. The van der Waals surface area contributed by atoms with Gasteiger partial charge in [-0.1, -0.05) is 6.92 Å². The van der Waals surface area contributed by atoms with E-state index in [9.17, 15) is 9.59 Å². The quantitative estimate of drug-likeness (QED) is 0.726. The van der Waals surface area contributed by atoms with Crippen LogP contribution in [0.5, 0.6) is 0 Å². The molecule has 0 bridgehead atoms. The van der Waals surface area contributed by atoms with Gasteiger partial charge in [0.1, 0.15) is 6.54 Å². The maximum atomic E-state index is 11.9. The predicted molar refractivity (Wildman–Crippen MR) is 67.3 cm³/mol. The van der Waals surface area contributed by atoms with Crippen LogP contribution in [0.15, 0.2) is 0 Å². The second-order valence-corrected chi connectivity index (χ2v) is 5.61. The molecule has 18 heavy (non-hydrogen) atoms. The topological polar surface area (TPSA) is 69.6 Å². The summed E-state index contributed by atoms with van der Waals surface area (Å²) in [4.78, 5) is 24.0.